The van der Waals surface area contributed by atoms with Crippen LogP contribution < -0.4 is 14.2 Å². The van der Waals surface area contributed by atoms with Crippen LogP contribution in [0.15, 0.2) is 36.5 Å². The van der Waals surface area contributed by atoms with Gasteiger partial charge < -0.3 is 19.1 Å². The second-order valence-electron chi connectivity index (χ2n) is 5.77. The number of halogens is 1. The molecule has 0 aliphatic carbocycles. The Morgan fingerprint density at radius 3 is 2.62 bits per heavy atom. The van der Waals surface area contributed by atoms with Crippen LogP contribution in [0, 0.1) is 0 Å². The maximum absolute atomic E-state index is 12.6. The quantitative estimate of drug-likeness (QED) is 0.740. The number of benzene rings is 1. The molecule has 0 spiro atoms. The van der Waals surface area contributed by atoms with Gasteiger partial charge in [0.1, 0.15) is 11.1 Å². The average molecular weight is 377 g/mol. The van der Waals surface area contributed by atoms with E-state index in [-0.39, 0.29) is 12.0 Å². The first kappa shape index (κ1) is 18.3. The molecule has 1 amide bonds. The molecule has 3 rings (SSSR count). The van der Waals surface area contributed by atoms with Crippen molar-refractivity contribution in [3.63, 3.8) is 0 Å². The van der Waals surface area contributed by atoms with Crippen molar-refractivity contribution in [1.82, 2.24) is 9.88 Å². The minimum Gasteiger partial charge on any atom is -0.490 e. The van der Waals surface area contributed by atoms with Gasteiger partial charge in [0.25, 0.3) is 5.91 Å². The molecule has 1 aliphatic heterocycles. The fourth-order valence-corrected chi connectivity index (χ4v) is 2.83. The second kappa shape index (κ2) is 8.27. The zero-order valence-electron chi connectivity index (χ0n) is 14.8. The predicted octanol–water partition coefficient (Wildman–Crippen LogP) is 3.44. The SMILES string of the molecule is CCOc1ccc(C(=O)N2CC(Oc3ncccc3Cl)C2)cc1OCC. The van der Waals surface area contributed by atoms with Gasteiger partial charge in [-0.25, -0.2) is 4.98 Å². The lowest BCUT2D eigenvalue weighted by molar-refractivity contribution is 0.0160. The van der Waals surface area contributed by atoms with E-state index in [4.69, 9.17) is 25.8 Å². The molecule has 0 saturated carbocycles. The van der Waals surface area contributed by atoms with E-state index < -0.39 is 0 Å². The number of rotatable bonds is 7. The topological polar surface area (TPSA) is 60.9 Å². The summed E-state index contributed by atoms with van der Waals surface area (Å²) in [4.78, 5) is 18.5. The first-order chi connectivity index (χ1) is 12.6. The molecule has 0 radical (unpaired) electrons. The number of pyridine rings is 1. The van der Waals surface area contributed by atoms with E-state index in [2.05, 4.69) is 4.98 Å². The molecular weight excluding hydrogens is 356 g/mol. The third-order valence-electron chi connectivity index (χ3n) is 3.93. The minimum absolute atomic E-state index is 0.0685. The summed E-state index contributed by atoms with van der Waals surface area (Å²) in [6.45, 7) is 5.82. The largest absolute Gasteiger partial charge is 0.490 e. The predicted molar refractivity (Wildman–Crippen MR) is 98.3 cm³/mol. The van der Waals surface area contributed by atoms with E-state index >= 15 is 0 Å². The fraction of sp³-hybridized carbons (Fsp3) is 0.368. The molecule has 1 aliphatic rings. The molecule has 1 aromatic carbocycles. The lowest BCUT2D eigenvalue weighted by Crippen LogP contribution is -2.56. The molecule has 2 heterocycles. The number of aromatic nitrogens is 1. The molecule has 0 atom stereocenters. The van der Waals surface area contributed by atoms with E-state index in [0.29, 0.717) is 54.3 Å². The Morgan fingerprint density at radius 1 is 1.19 bits per heavy atom. The number of carbonyl (C=O) groups excluding carboxylic acids is 1. The summed E-state index contributed by atoms with van der Waals surface area (Å²) in [5, 5.41) is 0.463. The van der Waals surface area contributed by atoms with E-state index in [1.54, 1.807) is 41.4 Å². The molecule has 6 nitrogen and oxygen atoms in total. The van der Waals surface area contributed by atoms with Crippen molar-refractivity contribution in [2.75, 3.05) is 26.3 Å². The van der Waals surface area contributed by atoms with Crippen molar-refractivity contribution in [2.45, 2.75) is 20.0 Å². The van der Waals surface area contributed by atoms with Crippen LogP contribution in [0.5, 0.6) is 17.4 Å². The summed E-state index contributed by atoms with van der Waals surface area (Å²) >= 11 is 6.04. The highest BCUT2D eigenvalue weighted by Gasteiger charge is 2.33. The third kappa shape index (κ3) is 4.02. The summed E-state index contributed by atoms with van der Waals surface area (Å²) < 4.78 is 16.8. The van der Waals surface area contributed by atoms with Gasteiger partial charge in [0.05, 0.1) is 26.3 Å². The van der Waals surface area contributed by atoms with Crippen LogP contribution in [0.25, 0.3) is 0 Å². The van der Waals surface area contributed by atoms with E-state index in [1.807, 2.05) is 13.8 Å². The van der Waals surface area contributed by atoms with Crippen LogP contribution in [-0.2, 0) is 0 Å². The molecule has 7 heteroatoms. The van der Waals surface area contributed by atoms with E-state index in [9.17, 15) is 4.79 Å². The minimum atomic E-state index is -0.111. The van der Waals surface area contributed by atoms with Crippen molar-refractivity contribution in [3.8, 4) is 17.4 Å². The van der Waals surface area contributed by atoms with E-state index in [0.717, 1.165) is 0 Å². The molecule has 0 N–H and O–H groups in total. The molecular formula is C19H21ClN2O4. The van der Waals surface area contributed by atoms with Gasteiger partial charge in [0.15, 0.2) is 11.5 Å². The van der Waals surface area contributed by atoms with Gasteiger partial charge in [-0.15, -0.1) is 0 Å². The molecule has 1 aromatic heterocycles. The Balaban J connectivity index is 1.62. The molecule has 1 fully saturated rings. The highest BCUT2D eigenvalue weighted by atomic mass is 35.5. The fourth-order valence-electron chi connectivity index (χ4n) is 2.66. The molecule has 0 unspecified atom stereocenters. The van der Waals surface area contributed by atoms with E-state index in [1.165, 1.54) is 0 Å². The Labute approximate surface area is 157 Å². The summed E-state index contributed by atoms with van der Waals surface area (Å²) in [7, 11) is 0. The van der Waals surface area contributed by atoms with Crippen molar-refractivity contribution in [2.24, 2.45) is 0 Å². The average Bonchev–Trinajstić information content (AvgIpc) is 2.60. The Kier molecular flexibility index (Phi) is 5.83. The number of amides is 1. The third-order valence-corrected chi connectivity index (χ3v) is 4.22. The first-order valence-electron chi connectivity index (χ1n) is 8.58. The number of hydrogen-bond acceptors (Lipinski definition) is 5. The molecule has 1 saturated heterocycles. The Hall–Kier alpha value is -2.47. The maximum Gasteiger partial charge on any atom is 0.254 e. The molecule has 0 bridgehead atoms. The highest BCUT2D eigenvalue weighted by Crippen LogP contribution is 2.30. The van der Waals surface area contributed by atoms with Gasteiger partial charge in [-0.2, -0.15) is 0 Å². The Bertz CT molecular complexity index is 778. The maximum atomic E-state index is 12.6. The normalized spacial score (nSPS) is 13.9. The van der Waals surface area contributed by atoms with Gasteiger partial charge in [-0.3, -0.25) is 4.79 Å². The number of carbonyl (C=O) groups is 1. The zero-order chi connectivity index (χ0) is 18.5. The smallest absolute Gasteiger partial charge is 0.254 e. The van der Waals surface area contributed by atoms with Crippen LogP contribution in [0.2, 0.25) is 5.02 Å². The summed E-state index contributed by atoms with van der Waals surface area (Å²) in [5.74, 6) is 1.54. The molecule has 2 aromatic rings. The number of ether oxygens (including phenoxy) is 3. The number of hydrogen-bond donors (Lipinski definition) is 0. The van der Waals surface area contributed by atoms with Crippen molar-refractivity contribution in [3.05, 3.63) is 47.1 Å². The highest BCUT2D eigenvalue weighted by molar-refractivity contribution is 6.31. The van der Waals surface area contributed by atoms with Crippen LogP contribution >= 0.6 is 11.6 Å². The Morgan fingerprint density at radius 2 is 1.92 bits per heavy atom. The summed E-state index contributed by atoms with van der Waals surface area (Å²) in [6.07, 6.45) is 1.51. The van der Waals surface area contributed by atoms with Gasteiger partial charge in [0, 0.05) is 11.8 Å². The van der Waals surface area contributed by atoms with Gasteiger partial charge in [0.2, 0.25) is 5.88 Å². The number of nitrogens with zero attached hydrogens (tertiary/aromatic N) is 2. The van der Waals surface area contributed by atoms with Gasteiger partial charge in [-0.05, 0) is 44.2 Å². The summed E-state index contributed by atoms with van der Waals surface area (Å²) in [6, 6.07) is 8.71. The van der Waals surface area contributed by atoms with Crippen LogP contribution in [0.4, 0.5) is 0 Å². The van der Waals surface area contributed by atoms with Gasteiger partial charge >= 0.3 is 0 Å². The lowest BCUT2D eigenvalue weighted by atomic mass is 10.1. The molecule has 138 valence electrons. The standard InChI is InChI=1S/C19H21ClN2O4/c1-3-24-16-8-7-13(10-17(16)25-4-2)19(23)22-11-14(12-22)26-18-15(20)6-5-9-21-18/h5-10,14H,3-4,11-12H2,1-2H3. The lowest BCUT2D eigenvalue weighted by Gasteiger charge is -2.38. The van der Waals surface area contributed by atoms with Crippen molar-refractivity contribution < 1.29 is 19.0 Å². The molecule has 26 heavy (non-hydrogen) atoms. The van der Waals surface area contributed by atoms with Crippen LogP contribution in [-0.4, -0.2) is 48.2 Å². The first-order valence-corrected chi connectivity index (χ1v) is 8.96. The second-order valence-corrected chi connectivity index (χ2v) is 6.18. The van der Waals surface area contributed by atoms with Crippen molar-refractivity contribution in [1.29, 1.82) is 0 Å². The monoisotopic (exact) mass is 376 g/mol. The van der Waals surface area contributed by atoms with Crippen LogP contribution in [0.3, 0.4) is 0 Å². The summed E-state index contributed by atoms with van der Waals surface area (Å²) in [5.41, 5.74) is 0.561. The van der Waals surface area contributed by atoms with Gasteiger partial charge in [-0.1, -0.05) is 11.6 Å². The number of likely N-dealkylation sites (tertiary alicyclic amines) is 1. The van der Waals surface area contributed by atoms with Crippen molar-refractivity contribution >= 4 is 17.5 Å². The zero-order valence-corrected chi connectivity index (χ0v) is 15.5. The van der Waals surface area contributed by atoms with Crippen LogP contribution in [0.1, 0.15) is 24.2 Å².